The van der Waals surface area contributed by atoms with Gasteiger partial charge in [0.05, 0.1) is 0 Å². The highest BCUT2D eigenvalue weighted by Gasteiger charge is 2.21. The smallest absolute Gasteiger partial charge is 0.0497 e. The molecule has 0 bridgehead atoms. The molecule has 0 aromatic heterocycles. The van der Waals surface area contributed by atoms with E-state index < -0.39 is 0 Å². The van der Waals surface area contributed by atoms with E-state index in [9.17, 15) is 0 Å². The van der Waals surface area contributed by atoms with Crippen LogP contribution in [0.25, 0.3) is 33.3 Å². The molecule has 1 aliphatic heterocycles. The topological polar surface area (TPSA) is 15.8 Å². The average Bonchev–Trinajstić information content (AvgIpc) is 3.02. The summed E-state index contributed by atoms with van der Waals surface area (Å²) in [5.41, 5.74) is 8.07. The number of hydrogen-bond acceptors (Lipinski definition) is 0. The van der Waals surface area contributed by atoms with Crippen molar-refractivity contribution in [3.8, 4) is 22.5 Å². The van der Waals surface area contributed by atoms with Gasteiger partial charge in [0.15, 0.2) is 0 Å². The molecule has 1 N–H and O–H groups in total. The van der Waals surface area contributed by atoms with Crippen LogP contribution in [-0.2, 0) is 6.42 Å². The van der Waals surface area contributed by atoms with Gasteiger partial charge in [-0.1, -0.05) is 48.5 Å². The van der Waals surface area contributed by atoms with Crippen LogP contribution >= 0.6 is 0 Å². The number of nitrogens with one attached hydrogen (secondary N) is 1. The van der Waals surface area contributed by atoms with Gasteiger partial charge in [0.25, 0.3) is 0 Å². The van der Waals surface area contributed by atoms with Crippen molar-refractivity contribution in [2.45, 2.75) is 6.42 Å². The lowest BCUT2D eigenvalue weighted by Gasteiger charge is -2.07. The van der Waals surface area contributed by atoms with Crippen molar-refractivity contribution in [3.05, 3.63) is 71.8 Å². The molecule has 0 amide bonds. The van der Waals surface area contributed by atoms with Crippen LogP contribution in [0.3, 0.4) is 0 Å². The molecule has 20 heavy (non-hydrogen) atoms. The Kier molecular flexibility index (Phi) is 1.80. The number of aromatic nitrogens is 1. The first kappa shape index (κ1) is 10.3. The summed E-state index contributed by atoms with van der Waals surface area (Å²) in [5, 5.41) is 2.66. The molecule has 0 saturated carbocycles. The molecule has 2 aliphatic carbocycles. The summed E-state index contributed by atoms with van der Waals surface area (Å²) in [6, 6.07) is 21.9. The average molecular weight is 255 g/mol. The van der Waals surface area contributed by atoms with Crippen molar-refractivity contribution in [1.29, 1.82) is 0 Å². The van der Waals surface area contributed by atoms with Gasteiger partial charge in [0, 0.05) is 28.9 Å². The van der Waals surface area contributed by atoms with Crippen LogP contribution in [0.5, 0.6) is 0 Å². The molecule has 1 nitrogen and oxygen atoms in total. The number of benzene rings is 2. The van der Waals surface area contributed by atoms with E-state index in [0.717, 1.165) is 6.42 Å². The predicted octanol–water partition coefficient (Wildman–Crippen LogP) is 4.84. The number of pyridine rings is 1. The minimum Gasteiger partial charge on any atom is -0.354 e. The summed E-state index contributed by atoms with van der Waals surface area (Å²) in [5.74, 6) is 0. The van der Waals surface area contributed by atoms with Gasteiger partial charge in [-0.3, -0.25) is 0 Å². The van der Waals surface area contributed by atoms with Crippen molar-refractivity contribution in [3.63, 3.8) is 0 Å². The number of H-pyrrole nitrogens is 1. The van der Waals surface area contributed by atoms with Gasteiger partial charge in [-0.2, -0.15) is 0 Å². The highest BCUT2D eigenvalue weighted by atomic mass is 14.7. The fourth-order valence-electron chi connectivity index (χ4n) is 3.47. The number of fused-ring (bicyclic) bond motifs is 6. The van der Waals surface area contributed by atoms with Gasteiger partial charge >= 0.3 is 0 Å². The zero-order chi connectivity index (χ0) is 13.1. The van der Waals surface area contributed by atoms with Crippen molar-refractivity contribution >= 4 is 10.8 Å². The van der Waals surface area contributed by atoms with Crippen LogP contribution in [0.1, 0.15) is 11.1 Å². The zero-order valence-electron chi connectivity index (χ0n) is 11.0. The molecule has 2 aromatic rings. The molecule has 94 valence electrons. The fourth-order valence-corrected chi connectivity index (χ4v) is 3.47. The largest absolute Gasteiger partial charge is 0.354 e. The first-order valence-corrected chi connectivity index (χ1v) is 7.02. The molecule has 2 aromatic carbocycles. The quantitative estimate of drug-likeness (QED) is 0.407. The van der Waals surface area contributed by atoms with E-state index in [2.05, 4.69) is 65.6 Å². The lowest BCUT2D eigenvalue weighted by molar-refractivity contribution is 1.23. The van der Waals surface area contributed by atoms with E-state index in [1.165, 1.54) is 44.4 Å². The molecule has 0 radical (unpaired) electrons. The van der Waals surface area contributed by atoms with Crippen molar-refractivity contribution in [2.75, 3.05) is 0 Å². The van der Waals surface area contributed by atoms with Crippen molar-refractivity contribution < 1.29 is 0 Å². The van der Waals surface area contributed by atoms with E-state index in [4.69, 9.17) is 0 Å². The first-order chi connectivity index (χ1) is 9.90. The summed E-state index contributed by atoms with van der Waals surface area (Å²) in [4.78, 5) is 3.65. The van der Waals surface area contributed by atoms with Crippen LogP contribution in [-0.4, -0.2) is 4.98 Å². The van der Waals surface area contributed by atoms with Crippen LogP contribution in [0.15, 0.2) is 60.7 Å². The highest BCUT2D eigenvalue weighted by molar-refractivity contribution is 6.02. The van der Waals surface area contributed by atoms with Gasteiger partial charge in [-0.15, -0.1) is 0 Å². The van der Waals surface area contributed by atoms with Gasteiger partial charge in [0.2, 0.25) is 0 Å². The normalized spacial score (nSPS) is 12.8. The Morgan fingerprint density at radius 3 is 2.60 bits per heavy atom. The summed E-state index contributed by atoms with van der Waals surface area (Å²) < 4.78 is 0. The lowest BCUT2D eigenvalue weighted by Crippen LogP contribution is -1.88. The minimum atomic E-state index is 1.04. The van der Waals surface area contributed by atoms with Gasteiger partial charge < -0.3 is 4.98 Å². The Labute approximate surface area is 117 Å². The summed E-state index contributed by atoms with van der Waals surface area (Å²) in [7, 11) is 0. The third-order valence-corrected chi connectivity index (χ3v) is 4.41. The number of hydrogen-bond donors (Lipinski definition) is 1. The van der Waals surface area contributed by atoms with Crippen LogP contribution in [0.2, 0.25) is 0 Å². The number of aromatic amines is 1. The lowest BCUT2D eigenvalue weighted by atomic mass is 10.1. The van der Waals surface area contributed by atoms with Crippen LogP contribution < -0.4 is 0 Å². The third kappa shape index (κ3) is 1.22. The van der Waals surface area contributed by atoms with E-state index >= 15 is 0 Å². The van der Waals surface area contributed by atoms with Crippen molar-refractivity contribution in [2.24, 2.45) is 0 Å². The Bertz CT molecular complexity index is 930. The van der Waals surface area contributed by atoms with E-state index in [0.29, 0.717) is 0 Å². The Hall–Kier alpha value is -2.54. The van der Waals surface area contributed by atoms with Crippen LogP contribution in [0, 0.1) is 0 Å². The molecule has 1 heterocycles. The highest BCUT2D eigenvalue weighted by Crippen LogP contribution is 2.41. The predicted molar refractivity (Wildman–Crippen MR) is 83.2 cm³/mol. The van der Waals surface area contributed by atoms with Gasteiger partial charge in [-0.05, 0) is 34.0 Å². The van der Waals surface area contributed by atoms with E-state index in [1.54, 1.807) is 0 Å². The Balaban J connectivity index is 1.88. The summed E-state index contributed by atoms with van der Waals surface area (Å²) >= 11 is 0. The molecular formula is C19H13N. The van der Waals surface area contributed by atoms with E-state index in [-0.39, 0.29) is 0 Å². The van der Waals surface area contributed by atoms with E-state index in [1.807, 2.05) is 0 Å². The molecule has 0 unspecified atom stereocenters. The summed E-state index contributed by atoms with van der Waals surface area (Å²) in [6.07, 6.45) is 1.04. The molecular weight excluding hydrogens is 242 g/mol. The molecule has 5 rings (SSSR count). The first-order valence-electron chi connectivity index (χ1n) is 7.02. The number of rotatable bonds is 0. The molecule has 1 heteroatoms. The maximum atomic E-state index is 3.65. The molecule has 0 saturated heterocycles. The Morgan fingerprint density at radius 1 is 0.750 bits per heavy atom. The SMILES string of the molecule is c1ccc2c(c1)Cc1cc3c4ccccc4cc-3[nH]c1-2. The van der Waals surface area contributed by atoms with Crippen molar-refractivity contribution in [1.82, 2.24) is 4.98 Å². The fraction of sp³-hybridized carbons (Fsp3) is 0.0526. The zero-order valence-corrected chi connectivity index (χ0v) is 11.0. The molecule has 0 atom stereocenters. The molecule has 0 spiro atoms. The maximum Gasteiger partial charge on any atom is 0.0497 e. The third-order valence-electron chi connectivity index (χ3n) is 4.41. The monoisotopic (exact) mass is 255 g/mol. The van der Waals surface area contributed by atoms with Gasteiger partial charge in [-0.25, -0.2) is 0 Å². The maximum absolute atomic E-state index is 3.65. The second-order valence-corrected chi connectivity index (χ2v) is 5.56. The second-order valence-electron chi connectivity index (χ2n) is 5.56. The standard InChI is InChI=1S/C19H13N/c1-3-7-15-13(6-1)11-18-17(15)10-14-9-12-5-2-4-8-16(12)19(14)20-18/h1-8,10-11,20H,9H2. The molecule has 3 aliphatic rings. The summed E-state index contributed by atoms with van der Waals surface area (Å²) in [6.45, 7) is 0. The molecule has 0 fully saturated rings. The Morgan fingerprint density at radius 2 is 1.60 bits per heavy atom. The van der Waals surface area contributed by atoms with Crippen LogP contribution in [0.4, 0.5) is 0 Å². The second kappa shape index (κ2) is 3.51. The minimum absolute atomic E-state index is 1.04. The van der Waals surface area contributed by atoms with Gasteiger partial charge in [0.1, 0.15) is 0 Å².